The molecule has 1 aliphatic carbocycles. The van der Waals surface area contributed by atoms with Gasteiger partial charge in [0.05, 0.1) is 22.9 Å². The zero-order chi connectivity index (χ0) is 11.5. The third-order valence-corrected chi connectivity index (χ3v) is 3.31. The number of anilines is 1. The van der Waals surface area contributed by atoms with Crippen LogP contribution < -0.4 is 5.32 Å². The second-order valence-corrected chi connectivity index (χ2v) is 4.63. The molecule has 88 valence electrons. The Morgan fingerprint density at radius 2 is 2.06 bits per heavy atom. The Kier molecular flexibility index (Phi) is 3.66. The molecule has 0 bridgehead atoms. The van der Waals surface area contributed by atoms with E-state index < -0.39 is 0 Å². The molecule has 0 radical (unpaired) electrons. The first-order valence-corrected chi connectivity index (χ1v) is 5.94. The number of aliphatic hydroxyl groups is 1. The van der Waals surface area contributed by atoms with Crippen molar-refractivity contribution in [3.8, 4) is 0 Å². The van der Waals surface area contributed by atoms with E-state index in [4.69, 9.17) is 11.6 Å². The minimum atomic E-state index is -0.347. The molecule has 0 aromatic heterocycles. The van der Waals surface area contributed by atoms with E-state index in [2.05, 4.69) is 5.32 Å². The second-order valence-electron chi connectivity index (χ2n) is 4.23. The minimum Gasteiger partial charge on any atom is -0.391 e. The van der Waals surface area contributed by atoms with Crippen LogP contribution in [-0.2, 0) is 0 Å². The number of rotatable bonds is 2. The van der Waals surface area contributed by atoms with Gasteiger partial charge >= 0.3 is 0 Å². The average molecular weight is 244 g/mol. The first-order chi connectivity index (χ1) is 7.66. The molecule has 0 amide bonds. The molecule has 16 heavy (non-hydrogen) atoms. The Balaban J connectivity index is 2.07. The number of halogens is 2. The van der Waals surface area contributed by atoms with Gasteiger partial charge in [0.2, 0.25) is 0 Å². The highest BCUT2D eigenvalue weighted by atomic mass is 35.5. The molecule has 2 unspecified atom stereocenters. The highest BCUT2D eigenvalue weighted by molar-refractivity contribution is 6.33. The molecule has 0 saturated heterocycles. The van der Waals surface area contributed by atoms with Gasteiger partial charge in [-0.05, 0) is 31.0 Å². The molecular weight excluding hydrogens is 229 g/mol. The van der Waals surface area contributed by atoms with Gasteiger partial charge in [0.15, 0.2) is 0 Å². The van der Waals surface area contributed by atoms with Crippen LogP contribution in [0.15, 0.2) is 18.2 Å². The molecule has 2 rings (SSSR count). The van der Waals surface area contributed by atoms with Gasteiger partial charge in [0, 0.05) is 0 Å². The summed E-state index contributed by atoms with van der Waals surface area (Å²) in [6.07, 6.45) is 3.57. The lowest BCUT2D eigenvalue weighted by atomic mass is 9.92. The maximum atomic E-state index is 12.8. The lowest BCUT2D eigenvalue weighted by Gasteiger charge is -2.29. The third kappa shape index (κ3) is 2.66. The van der Waals surface area contributed by atoms with Crippen molar-refractivity contribution in [3.05, 3.63) is 29.0 Å². The van der Waals surface area contributed by atoms with Gasteiger partial charge in [0.1, 0.15) is 5.82 Å². The summed E-state index contributed by atoms with van der Waals surface area (Å²) in [5.41, 5.74) is 0.689. The first kappa shape index (κ1) is 11.7. The van der Waals surface area contributed by atoms with Gasteiger partial charge in [-0.1, -0.05) is 24.4 Å². The van der Waals surface area contributed by atoms with E-state index in [9.17, 15) is 9.50 Å². The number of benzene rings is 1. The molecule has 1 saturated carbocycles. The van der Waals surface area contributed by atoms with E-state index in [0.29, 0.717) is 10.7 Å². The van der Waals surface area contributed by atoms with Gasteiger partial charge in [-0.15, -0.1) is 0 Å². The zero-order valence-electron chi connectivity index (χ0n) is 8.92. The van der Waals surface area contributed by atoms with Gasteiger partial charge in [-0.2, -0.15) is 0 Å². The van der Waals surface area contributed by atoms with Crippen molar-refractivity contribution < 1.29 is 9.50 Å². The van der Waals surface area contributed by atoms with Gasteiger partial charge in [-0.25, -0.2) is 4.39 Å². The van der Waals surface area contributed by atoms with Crippen molar-refractivity contribution in [2.24, 2.45) is 0 Å². The second kappa shape index (κ2) is 5.02. The van der Waals surface area contributed by atoms with E-state index >= 15 is 0 Å². The maximum Gasteiger partial charge on any atom is 0.124 e. The highest BCUT2D eigenvalue weighted by Crippen LogP contribution is 2.27. The largest absolute Gasteiger partial charge is 0.391 e. The molecule has 1 aromatic rings. The average Bonchev–Trinajstić information content (AvgIpc) is 2.25. The Hall–Kier alpha value is -0.800. The van der Waals surface area contributed by atoms with Crippen molar-refractivity contribution in [1.82, 2.24) is 0 Å². The topological polar surface area (TPSA) is 32.3 Å². The van der Waals surface area contributed by atoms with Crippen LogP contribution in [0, 0.1) is 5.82 Å². The molecule has 2 atom stereocenters. The minimum absolute atomic E-state index is 0.0247. The molecule has 0 spiro atoms. The van der Waals surface area contributed by atoms with Gasteiger partial charge < -0.3 is 10.4 Å². The number of hydrogen-bond acceptors (Lipinski definition) is 2. The van der Waals surface area contributed by atoms with Crippen molar-refractivity contribution in [3.63, 3.8) is 0 Å². The van der Waals surface area contributed by atoms with Crippen LogP contribution >= 0.6 is 11.6 Å². The lowest BCUT2D eigenvalue weighted by molar-refractivity contribution is 0.116. The molecular formula is C12H15ClFNO. The number of nitrogens with one attached hydrogen (secondary N) is 1. The third-order valence-electron chi connectivity index (χ3n) is 3.00. The van der Waals surface area contributed by atoms with Crippen LogP contribution in [-0.4, -0.2) is 17.3 Å². The number of aliphatic hydroxyl groups excluding tert-OH is 1. The number of hydrogen-bond donors (Lipinski definition) is 2. The highest BCUT2D eigenvalue weighted by Gasteiger charge is 2.23. The molecule has 1 aromatic carbocycles. The summed E-state index contributed by atoms with van der Waals surface area (Å²) >= 11 is 5.91. The van der Waals surface area contributed by atoms with Crippen LogP contribution in [0.25, 0.3) is 0 Å². The van der Waals surface area contributed by atoms with Crippen molar-refractivity contribution in [2.45, 2.75) is 37.8 Å². The summed E-state index contributed by atoms with van der Waals surface area (Å²) in [6.45, 7) is 0. The van der Waals surface area contributed by atoms with Gasteiger partial charge in [0.25, 0.3) is 0 Å². The SMILES string of the molecule is OC1CCCCC1Nc1ccc(F)cc1Cl. The predicted octanol–water partition coefficient (Wildman–Crippen LogP) is 3.19. The molecule has 1 fully saturated rings. The zero-order valence-corrected chi connectivity index (χ0v) is 9.67. The van der Waals surface area contributed by atoms with Crippen LogP contribution in [0.2, 0.25) is 5.02 Å². The van der Waals surface area contributed by atoms with Crippen molar-refractivity contribution in [1.29, 1.82) is 0 Å². The van der Waals surface area contributed by atoms with E-state index in [0.717, 1.165) is 25.7 Å². The summed E-state index contributed by atoms with van der Waals surface area (Å²) < 4.78 is 12.8. The Morgan fingerprint density at radius 3 is 2.75 bits per heavy atom. The quantitative estimate of drug-likeness (QED) is 0.836. The predicted molar refractivity (Wildman–Crippen MR) is 63.3 cm³/mol. The summed E-state index contributed by atoms with van der Waals surface area (Å²) in [6, 6.07) is 4.28. The van der Waals surface area contributed by atoms with E-state index in [1.54, 1.807) is 6.07 Å². The van der Waals surface area contributed by atoms with Crippen LogP contribution in [0.5, 0.6) is 0 Å². The fourth-order valence-corrected chi connectivity index (χ4v) is 2.31. The maximum absolute atomic E-state index is 12.8. The summed E-state index contributed by atoms with van der Waals surface area (Å²) in [7, 11) is 0. The smallest absolute Gasteiger partial charge is 0.124 e. The Bertz CT molecular complexity index is 372. The Morgan fingerprint density at radius 1 is 1.31 bits per heavy atom. The van der Waals surface area contributed by atoms with Gasteiger partial charge in [-0.3, -0.25) is 0 Å². The van der Waals surface area contributed by atoms with E-state index in [-0.39, 0.29) is 18.0 Å². The summed E-state index contributed by atoms with van der Waals surface area (Å²) in [4.78, 5) is 0. The van der Waals surface area contributed by atoms with E-state index in [1.165, 1.54) is 12.1 Å². The molecule has 4 heteroatoms. The van der Waals surface area contributed by atoms with Crippen LogP contribution in [0.1, 0.15) is 25.7 Å². The molecule has 2 nitrogen and oxygen atoms in total. The molecule has 1 aliphatic rings. The van der Waals surface area contributed by atoms with E-state index in [1.807, 2.05) is 0 Å². The standard InChI is InChI=1S/C12H15ClFNO/c13-9-7-8(14)5-6-10(9)15-11-3-1-2-4-12(11)16/h5-7,11-12,15-16H,1-4H2. The fourth-order valence-electron chi connectivity index (χ4n) is 2.09. The fraction of sp³-hybridized carbons (Fsp3) is 0.500. The molecule has 0 aliphatic heterocycles. The summed E-state index contributed by atoms with van der Waals surface area (Å²) in [5, 5.41) is 13.3. The van der Waals surface area contributed by atoms with Crippen molar-refractivity contribution in [2.75, 3.05) is 5.32 Å². The Labute approximate surface area is 99.4 Å². The molecule has 2 N–H and O–H groups in total. The van der Waals surface area contributed by atoms with Crippen LogP contribution in [0.4, 0.5) is 10.1 Å². The lowest BCUT2D eigenvalue weighted by Crippen LogP contribution is -2.36. The molecule has 0 heterocycles. The normalized spacial score (nSPS) is 25.4. The summed E-state index contributed by atoms with van der Waals surface area (Å²) in [5.74, 6) is -0.347. The van der Waals surface area contributed by atoms with Crippen molar-refractivity contribution >= 4 is 17.3 Å². The monoisotopic (exact) mass is 243 g/mol. The van der Waals surface area contributed by atoms with Crippen LogP contribution in [0.3, 0.4) is 0 Å². The first-order valence-electron chi connectivity index (χ1n) is 5.56.